The monoisotopic (exact) mass is 331 g/mol. The molecule has 1 aromatic carbocycles. The second-order valence-corrected chi connectivity index (χ2v) is 7.94. The fourth-order valence-electron chi connectivity index (χ4n) is 5.70. The first-order valence-electron chi connectivity index (χ1n) is 8.90. The molecule has 3 unspecified atom stereocenters. The van der Waals surface area contributed by atoms with Gasteiger partial charge in [-0.1, -0.05) is 0 Å². The molecule has 1 saturated carbocycles. The fourth-order valence-corrected chi connectivity index (χ4v) is 5.70. The van der Waals surface area contributed by atoms with Crippen molar-refractivity contribution < 1.29 is 19.3 Å². The Balaban J connectivity index is 1.80. The van der Waals surface area contributed by atoms with Crippen LogP contribution in [-0.4, -0.2) is 49.7 Å². The van der Waals surface area contributed by atoms with Gasteiger partial charge in [-0.15, -0.1) is 0 Å². The zero-order valence-electron chi connectivity index (χ0n) is 14.6. The van der Waals surface area contributed by atoms with Crippen LogP contribution in [0.4, 0.5) is 0 Å². The van der Waals surface area contributed by atoms with E-state index >= 15 is 0 Å². The van der Waals surface area contributed by atoms with E-state index in [4.69, 9.17) is 14.2 Å². The van der Waals surface area contributed by atoms with Crippen LogP contribution in [0.1, 0.15) is 48.4 Å². The summed E-state index contributed by atoms with van der Waals surface area (Å²) in [6, 6.07) is 2.59. The van der Waals surface area contributed by atoms with Gasteiger partial charge in [0, 0.05) is 37.1 Å². The minimum absolute atomic E-state index is 0.0325. The van der Waals surface area contributed by atoms with Crippen molar-refractivity contribution in [2.45, 2.75) is 55.5 Å². The Morgan fingerprint density at radius 3 is 2.96 bits per heavy atom. The summed E-state index contributed by atoms with van der Waals surface area (Å²) < 4.78 is 17.8. The van der Waals surface area contributed by atoms with Crippen LogP contribution in [0.15, 0.2) is 6.07 Å². The number of aliphatic hydroxyl groups excluding tert-OH is 1. The lowest BCUT2D eigenvalue weighted by Crippen LogP contribution is -2.59. The number of aliphatic hydroxyl groups is 1. The minimum Gasteiger partial charge on any atom is -0.493 e. The van der Waals surface area contributed by atoms with Crippen LogP contribution in [0.2, 0.25) is 0 Å². The first-order valence-corrected chi connectivity index (χ1v) is 8.90. The third-order valence-corrected chi connectivity index (χ3v) is 6.91. The molecule has 1 spiro atoms. The molecule has 1 aromatic rings. The number of benzene rings is 1. The average molecular weight is 331 g/mol. The molecule has 24 heavy (non-hydrogen) atoms. The predicted molar refractivity (Wildman–Crippen MR) is 88.6 cm³/mol. The molecule has 4 atom stereocenters. The van der Waals surface area contributed by atoms with Gasteiger partial charge >= 0.3 is 0 Å². The second-order valence-electron chi connectivity index (χ2n) is 7.94. The minimum atomic E-state index is -0.946. The lowest BCUT2D eigenvalue weighted by Gasteiger charge is -2.52. The number of fused-ring (bicyclic) bond motifs is 1. The molecule has 1 N–H and O–H groups in total. The number of nitrogens with zero attached hydrogens (tertiary/aromatic N) is 1. The highest BCUT2D eigenvalue weighted by molar-refractivity contribution is 5.63. The maximum atomic E-state index is 10.6. The van der Waals surface area contributed by atoms with Crippen LogP contribution in [0.3, 0.4) is 0 Å². The summed E-state index contributed by atoms with van der Waals surface area (Å²) in [6.45, 7) is 1.08. The van der Waals surface area contributed by atoms with E-state index in [-0.39, 0.29) is 5.41 Å². The van der Waals surface area contributed by atoms with Crippen molar-refractivity contribution in [2.75, 3.05) is 27.8 Å². The Morgan fingerprint density at radius 2 is 2.21 bits per heavy atom. The zero-order valence-corrected chi connectivity index (χ0v) is 14.6. The number of hydrogen-bond donors (Lipinski definition) is 1. The Labute approximate surface area is 142 Å². The number of hydrogen-bond acceptors (Lipinski definition) is 5. The molecule has 130 valence electrons. The van der Waals surface area contributed by atoms with Crippen LogP contribution < -0.4 is 9.47 Å². The molecule has 2 bridgehead atoms. The molecule has 4 aliphatic rings. The van der Waals surface area contributed by atoms with E-state index in [9.17, 15) is 5.11 Å². The van der Waals surface area contributed by atoms with Crippen LogP contribution in [0, 0.1) is 0 Å². The molecule has 2 heterocycles. The van der Waals surface area contributed by atoms with E-state index in [0.717, 1.165) is 50.1 Å². The lowest BCUT2D eigenvalue weighted by atomic mass is 9.65. The summed E-state index contributed by atoms with van der Waals surface area (Å²) in [7, 11) is 5.56. The van der Waals surface area contributed by atoms with E-state index in [0.29, 0.717) is 6.04 Å². The van der Waals surface area contributed by atoms with Crippen LogP contribution in [-0.2, 0) is 16.6 Å². The molecule has 0 amide bonds. The van der Waals surface area contributed by atoms with Crippen molar-refractivity contribution in [3.63, 3.8) is 0 Å². The van der Waals surface area contributed by atoms with Crippen LogP contribution >= 0.6 is 0 Å². The number of methoxy groups -OCH3 is 2. The molecule has 5 rings (SSSR count). The third-order valence-electron chi connectivity index (χ3n) is 6.91. The Kier molecular flexibility index (Phi) is 2.91. The molecule has 0 aromatic heterocycles. The van der Waals surface area contributed by atoms with Gasteiger partial charge in [0.1, 0.15) is 6.10 Å². The maximum absolute atomic E-state index is 10.6. The summed E-state index contributed by atoms with van der Waals surface area (Å²) >= 11 is 0. The number of rotatable bonds is 2. The van der Waals surface area contributed by atoms with Gasteiger partial charge in [-0.2, -0.15) is 0 Å². The Bertz CT molecular complexity index is 720. The van der Waals surface area contributed by atoms with Crippen molar-refractivity contribution in [3.05, 3.63) is 22.8 Å². The molecular weight excluding hydrogens is 306 g/mol. The quantitative estimate of drug-likeness (QED) is 0.900. The largest absolute Gasteiger partial charge is 0.493 e. The van der Waals surface area contributed by atoms with Gasteiger partial charge in [0.15, 0.2) is 11.5 Å². The topological polar surface area (TPSA) is 51.2 Å². The zero-order chi connectivity index (χ0) is 16.7. The summed E-state index contributed by atoms with van der Waals surface area (Å²) in [4.78, 5) is 2.47. The summed E-state index contributed by atoms with van der Waals surface area (Å²) in [5, 5.41) is 10.6. The van der Waals surface area contributed by atoms with E-state index in [1.165, 1.54) is 16.7 Å². The van der Waals surface area contributed by atoms with Gasteiger partial charge in [0.25, 0.3) is 0 Å². The summed E-state index contributed by atoms with van der Waals surface area (Å²) in [6.07, 6.45) is 3.98. The van der Waals surface area contributed by atoms with Crippen molar-refractivity contribution in [1.82, 2.24) is 4.90 Å². The molecule has 0 saturated heterocycles. The number of ether oxygens (including phenoxy) is 3. The first kappa shape index (κ1) is 15.0. The predicted octanol–water partition coefficient (Wildman–Crippen LogP) is 2.15. The van der Waals surface area contributed by atoms with E-state index in [2.05, 4.69) is 18.0 Å². The van der Waals surface area contributed by atoms with Crippen molar-refractivity contribution in [2.24, 2.45) is 0 Å². The highest BCUT2D eigenvalue weighted by atomic mass is 16.7. The summed E-state index contributed by atoms with van der Waals surface area (Å²) in [5.74, 6) is 0.646. The van der Waals surface area contributed by atoms with Gasteiger partial charge in [-0.3, -0.25) is 4.90 Å². The maximum Gasteiger partial charge on any atom is 0.237 e. The normalized spacial score (nSPS) is 39.3. The Hall–Kier alpha value is -1.30. The highest BCUT2D eigenvalue weighted by Gasteiger charge is 2.62. The number of likely N-dealkylation sites (N-methyl/N-ethyl adjacent to an activating group) is 1. The van der Waals surface area contributed by atoms with E-state index < -0.39 is 11.9 Å². The van der Waals surface area contributed by atoms with Crippen molar-refractivity contribution >= 4 is 0 Å². The summed E-state index contributed by atoms with van der Waals surface area (Å²) in [5.41, 5.74) is 4.24. The molecule has 5 nitrogen and oxygen atoms in total. The highest BCUT2D eigenvalue weighted by Crippen LogP contribution is 2.65. The van der Waals surface area contributed by atoms with E-state index in [1.807, 2.05) is 0 Å². The SMILES string of the molecule is COc1cc2c3c4c1OC1(OC)CC4(CCC1O)C[C@@H]3N(C)CC2. The van der Waals surface area contributed by atoms with Crippen LogP contribution in [0.25, 0.3) is 0 Å². The second kappa shape index (κ2) is 4.65. The smallest absolute Gasteiger partial charge is 0.237 e. The van der Waals surface area contributed by atoms with Gasteiger partial charge in [-0.25, -0.2) is 0 Å². The third kappa shape index (κ3) is 1.61. The van der Waals surface area contributed by atoms with Gasteiger partial charge in [0.2, 0.25) is 5.79 Å². The fraction of sp³-hybridized carbons (Fsp3) is 0.684. The first-order chi connectivity index (χ1) is 11.5. The van der Waals surface area contributed by atoms with Gasteiger partial charge in [0.05, 0.1) is 7.11 Å². The molecule has 5 heteroatoms. The van der Waals surface area contributed by atoms with Crippen molar-refractivity contribution in [1.29, 1.82) is 0 Å². The van der Waals surface area contributed by atoms with Gasteiger partial charge < -0.3 is 19.3 Å². The molecule has 0 radical (unpaired) electrons. The van der Waals surface area contributed by atoms with Crippen molar-refractivity contribution in [3.8, 4) is 11.5 Å². The van der Waals surface area contributed by atoms with Gasteiger partial charge in [-0.05, 0) is 49.9 Å². The van der Waals surface area contributed by atoms with E-state index in [1.54, 1.807) is 14.2 Å². The standard InChI is InChI=1S/C19H25NO4/c1-20-7-5-11-8-13(22-2)17-16-15(11)12(20)9-18(16)6-4-14(21)19(10-18,23-3)24-17/h8,12,14,21H,4-7,9-10H2,1-3H3/t12-,14?,18?,19?/m0/s1. The Morgan fingerprint density at radius 1 is 1.38 bits per heavy atom. The average Bonchev–Trinajstić information content (AvgIpc) is 2.94. The molecule has 2 aliphatic heterocycles. The molecule has 2 aliphatic carbocycles. The molecule has 1 fully saturated rings. The lowest BCUT2D eigenvalue weighted by molar-refractivity contribution is -0.260. The molecular formula is C19H25NO4. The van der Waals surface area contributed by atoms with Crippen LogP contribution in [0.5, 0.6) is 11.5 Å².